The molecule has 0 spiro atoms. The normalized spacial score (nSPS) is 10.8. The summed E-state index contributed by atoms with van der Waals surface area (Å²) in [6.07, 6.45) is 6.60. The van der Waals surface area contributed by atoms with Crippen LogP contribution in [0, 0.1) is 6.92 Å². The van der Waals surface area contributed by atoms with Crippen molar-refractivity contribution < 1.29 is 0 Å². The van der Waals surface area contributed by atoms with Crippen LogP contribution in [-0.4, -0.2) is 15.4 Å². The Hall–Kier alpha value is -2.03. The molecule has 0 saturated carbocycles. The molecule has 80 valence electrons. The fourth-order valence-corrected chi connectivity index (χ4v) is 1.37. The smallest absolute Gasteiger partial charge is 0.0702 e. The highest BCUT2D eigenvalue weighted by molar-refractivity contribution is 5.49. The van der Waals surface area contributed by atoms with Crippen molar-refractivity contribution >= 4 is 6.08 Å². The minimum atomic E-state index is 0.781. The van der Waals surface area contributed by atoms with Gasteiger partial charge in [0.2, 0.25) is 0 Å². The van der Waals surface area contributed by atoms with Gasteiger partial charge in [-0.05, 0) is 23.8 Å². The molecule has 0 aliphatic rings. The van der Waals surface area contributed by atoms with Gasteiger partial charge in [0.15, 0.2) is 0 Å². The summed E-state index contributed by atoms with van der Waals surface area (Å²) < 4.78 is 0. The van der Waals surface area contributed by atoms with Crippen LogP contribution in [0.3, 0.4) is 0 Å². The van der Waals surface area contributed by atoms with Crippen LogP contribution in [0.5, 0.6) is 0 Å². The van der Waals surface area contributed by atoms with Gasteiger partial charge >= 0.3 is 0 Å². The number of benzene rings is 1. The highest BCUT2D eigenvalue weighted by atomic mass is 15.3. The van der Waals surface area contributed by atoms with Crippen molar-refractivity contribution in [3.63, 3.8) is 0 Å². The topological polar surface area (TPSA) is 38.7 Å². The Balaban J connectivity index is 1.98. The van der Waals surface area contributed by atoms with E-state index in [-0.39, 0.29) is 0 Å². The monoisotopic (exact) mass is 211 g/mol. The maximum atomic E-state index is 3.91. The van der Waals surface area contributed by atoms with Crippen molar-refractivity contribution in [2.75, 3.05) is 0 Å². The van der Waals surface area contributed by atoms with Crippen LogP contribution in [0.1, 0.15) is 16.8 Å². The number of aromatic nitrogens is 3. The van der Waals surface area contributed by atoms with Gasteiger partial charge in [0.1, 0.15) is 0 Å². The molecule has 1 heterocycles. The quantitative estimate of drug-likeness (QED) is 0.782. The second-order valence-corrected chi connectivity index (χ2v) is 3.63. The first-order chi connectivity index (χ1) is 7.84. The second kappa shape index (κ2) is 5.16. The van der Waals surface area contributed by atoms with Gasteiger partial charge in [0.05, 0.1) is 11.9 Å². The van der Waals surface area contributed by atoms with Crippen molar-refractivity contribution in [1.82, 2.24) is 15.4 Å². The molecule has 1 aromatic heterocycles. The zero-order chi connectivity index (χ0) is 11.2. The van der Waals surface area contributed by atoms with Crippen molar-refractivity contribution in [3.05, 3.63) is 59.4 Å². The van der Waals surface area contributed by atoms with Crippen LogP contribution >= 0.6 is 0 Å². The first-order valence-corrected chi connectivity index (χ1v) is 5.21. The molecule has 0 radical (unpaired) electrons. The highest BCUT2D eigenvalue weighted by Crippen LogP contribution is 2.05. The number of hydrogen-bond donors (Lipinski definition) is 0. The molecule has 0 unspecified atom stereocenters. The molecule has 0 N–H and O–H groups in total. The van der Waals surface area contributed by atoms with Gasteiger partial charge in [0.25, 0.3) is 0 Å². The number of rotatable bonds is 3. The van der Waals surface area contributed by atoms with Gasteiger partial charge in [-0.1, -0.05) is 42.0 Å². The molecule has 3 nitrogen and oxygen atoms in total. The summed E-state index contributed by atoms with van der Waals surface area (Å²) in [6.45, 7) is 2.08. The van der Waals surface area contributed by atoms with Crippen LogP contribution in [0.25, 0.3) is 6.08 Å². The second-order valence-electron chi connectivity index (χ2n) is 3.63. The summed E-state index contributed by atoms with van der Waals surface area (Å²) >= 11 is 0. The lowest BCUT2D eigenvalue weighted by molar-refractivity contribution is 0.825. The number of hydrogen-bond acceptors (Lipinski definition) is 3. The van der Waals surface area contributed by atoms with E-state index < -0.39 is 0 Å². The average Bonchev–Trinajstić information content (AvgIpc) is 2.33. The molecule has 0 bridgehead atoms. The van der Waals surface area contributed by atoms with Crippen molar-refractivity contribution in [2.24, 2.45) is 0 Å². The zero-order valence-electron chi connectivity index (χ0n) is 9.17. The Morgan fingerprint density at radius 3 is 2.62 bits per heavy atom. The molecule has 16 heavy (non-hydrogen) atoms. The molecule has 0 saturated heterocycles. The van der Waals surface area contributed by atoms with Crippen molar-refractivity contribution in [3.8, 4) is 0 Å². The summed E-state index contributed by atoms with van der Waals surface area (Å²) in [6, 6.07) is 10.3. The summed E-state index contributed by atoms with van der Waals surface area (Å²) in [4.78, 5) is 0. The lowest BCUT2D eigenvalue weighted by atomic mass is 10.1. The first-order valence-electron chi connectivity index (χ1n) is 5.21. The van der Waals surface area contributed by atoms with E-state index in [0.717, 1.165) is 12.1 Å². The molecule has 0 amide bonds. The summed E-state index contributed by atoms with van der Waals surface area (Å²) in [5, 5.41) is 11.1. The van der Waals surface area contributed by atoms with Crippen molar-refractivity contribution in [1.29, 1.82) is 0 Å². The van der Waals surface area contributed by atoms with E-state index in [1.807, 2.05) is 6.07 Å². The molecular formula is C13H13N3. The summed E-state index contributed by atoms with van der Waals surface area (Å²) in [7, 11) is 0. The minimum absolute atomic E-state index is 0.781. The van der Waals surface area contributed by atoms with Crippen LogP contribution < -0.4 is 0 Å². The Kier molecular flexibility index (Phi) is 3.38. The average molecular weight is 211 g/mol. The third-order valence-corrected chi connectivity index (χ3v) is 2.27. The van der Waals surface area contributed by atoms with E-state index in [1.165, 1.54) is 11.1 Å². The maximum absolute atomic E-state index is 3.91. The van der Waals surface area contributed by atoms with Gasteiger partial charge in [0, 0.05) is 6.42 Å². The third-order valence-electron chi connectivity index (χ3n) is 2.27. The predicted octanol–water partition coefficient (Wildman–Crippen LogP) is 2.44. The molecular weight excluding hydrogens is 198 g/mol. The van der Waals surface area contributed by atoms with E-state index >= 15 is 0 Å². The predicted molar refractivity (Wildman–Crippen MR) is 63.7 cm³/mol. The molecule has 0 aliphatic carbocycles. The van der Waals surface area contributed by atoms with Gasteiger partial charge in [-0.3, -0.25) is 0 Å². The largest absolute Gasteiger partial charge is 0.139 e. The summed E-state index contributed by atoms with van der Waals surface area (Å²) in [5.41, 5.74) is 3.41. The molecule has 0 atom stereocenters. The molecule has 0 aliphatic heterocycles. The summed E-state index contributed by atoms with van der Waals surface area (Å²) in [5.74, 6) is 0. The van der Waals surface area contributed by atoms with Crippen LogP contribution in [-0.2, 0) is 6.42 Å². The third kappa shape index (κ3) is 2.98. The van der Waals surface area contributed by atoms with E-state index in [0.29, 0.717) is 0 Å². The molecule has 0 fully saturated rings. The molecule has 2 aromatic rings. The van der Waals surface area contributed by atoms with Crippen LogP contribution in [0.2, 0.25) is 0 Å². The zero-order valence-corrected chi connectivity index (χ0v) is 9.17. The Morgan fingerprint density at radius 2 is 1.94 bits per heavy atom. The van der Waals surface area contributed by atoms with Gasteiger partial charge in [-0.25, -0.2) is 0 Å². The SMILES string of the molecule is Cc1ccc(/C=C/Cc2ccnnn2)cc1. The Labute approximate surface area is 94.9 Å². The van der Waals surface area contributed by atoms with Gasteiger partial charge < -0.3 is 0 Å². The highest BCUT2D eigenvalue weighted by Gasteiger charge is 1.90. The van der Waals surface area contributed by atoms with Gasteiger partial charge in [-0.15, -0.1) is 10.2 Å². The van der Waals surface area contributed by atoms with Crippen LogP contribution in [0.15, 0.2) is 42.6 Å². The lowest BCUT2D eigenvalue weighted by Gasteiger charge is -1.95. The lowest BCUT2D eigenvalue weighted by Crippen LogP contribution is -1.91. The number of aryl methyl sites for hydroxylation is 1. The molecule has 3 heteroatoms. The van der Waals surface area contributed by atoms with Gasteiger partial charge in [-0.2, -0.15) is 0 Å². The van der Waals surface area contributed by atoms with E-state index in [1.54, 1.807) is 6.20 Å². The number of nitrogens with zero attached hydrogens (tertiary/aromatic N) is 3. The van der Waals surface area contributed by atoms with Crippen LogP contribution in [0.4, 0.5) is 0 Å². The molecule has 1 aromatic carbocycles. The Morgan fingerprint density at radius 1 is 1.12 bits per heavy atom. The fourth-order valence-electron chi connectivity index (χ4n) is 1.37. The van der Waals surface area contributed by atoms with Crippen molar-refractivity contribution in [2.45, 2.75) is 13.3 Å². The maximum Gasteiger partial charge on any atom is 0.0702 e. The van der Waals surface area contributed by atoms with E-state index in [9.17, 15) is 0 Å². The first kappa shape index (κ1) is 10.5. The van der Waals surface area contributed by atoms with E-state index in [4.69, 9.17) is 0 Å². The molecule has 2 rings (SSSR count). The fraction of sp³-hybridized carbons (Fsp3) is 0.154. The minimum Gasteiger partial charge on any atom is -0.139 e. The van der Waals surface area contributed by atoms with E-state index in [2.05, 4.69) is 58.8 Å². The number of allylic oxidation sites excluding steroid dienone is 1. The standard InChI is InChI=1S/C13H13N3/c1-11-5-7-12(8-6-11)3-2-4-13-9-10-14-16-15-13/h2-3,5-10H,4H2,1H3/b3-2+. The Bertz CT molecular complexity index is 460.